The molecule has 0 amide bonds. The zero-order valence-corrected chi connectivity index (χ0v) is 12.8. The molecule has 0 saturated heterocycles. The summed E-state index contributed by atoms with van der Waals surface area (Å²) in [5.41, 5.74) is -4.95. The largest absolute Gasteiger partial charge is 0.503 e. The van der Waals surface area contributed by atoms with Crippen molar-refractivity contribution >= 4 is 0 Å². The lowest BCUT2D eigenvalue weighted by Gasteiger charge is -2.17. The highest BCUT2D eigenvalue weighted by atomic mass is 19.2. The SMILES string of the molecule is CCC(C)c1c(F)c(F)c(-c2c(F)c(F)c(O)c(F)c2F)c(F)c1F. The molecule has 0 bridgehead atoms. The van der Waals surface area contributed by atoms with Crippen LogP contribution in [-0.4, -0.2) is 5.11 Å². The molecule has 0 aliphatic rings. The van der Waals surface area contributed by atoms with Crippen LogP contribution >= 0.6 is 0 Å². The Morgan fingerprint density at radius 1 is 0.640 bits per heavy atom. The van der Waals surface area contributed by atoms with E-state index in [2.05, 4.69) is 0 Å². The molecular formula is C16H10F8O. The summed E-state index contributed by atoms with van der Waals surface area (Å²) in [6.45, 7) is 2.72. The van der Waals surface area contributed by atoms with Crippen molar-refractivity contribution < 1.29 is 40.2 Å². The van der Waals surface area contributed by atoms with Crippen LogP contribution in [0.4, 0.5) is 35.1 Å². The van der Waals surface area contributed by atoms with Crippen LogP contribution in [-0.2, 0) is 0 Å². The Morgan fingerprint density at radius 3 is 1.28 bits per heavy atom. The van der Waals surface area contributed by atoms with E-state index in [1.54, 1.807) is 0 Å². The van der Waals surface area contributed by atoms with Gasteiger partial charge in [0.2, 0.25) is 11.6 Å². The molecule has 1 unspecified atom stereocenters. The molecule has 2 aromatic carbocycles. The van der Waals surface area contributed by atoms with Gasteiger partial charge in [-0.1, -0.05) is 13.8 Å². The van der Waals surface area contributed by atoms with Gasteiger partial charge >= 0.3 is 0 Å². The molecule has 136 valence electrons. The lowest BCUT2D eigenvalue weighted by Crippen LogP contribution is -2.11. The van der Waals surface area contributed by atoms with Gasteiger partial charge in [-0.15, -0.1) is 0 Å². The summed E-state index contributed by atoms with van der Waals surface area (Å²) in [7, 11) is 0. The van der Waals surface area contributed by atoms with E-state index < -0.39 is 74.9 Å². The Balaban J connectivity index is 2.97. The number of phenols is 1. The quantitative estimate of drug-likeness (QED) is 0.544. The molecule has 1 N–H and O–H groups in total. The molecule has 0 heterocycles. The van der Waals surface area contributed by atoms with Gasteiger partial charge in [0.05, 0.1) is 11.1 Å². The van der Waals surface area contributed by atoms with Gasteiger partial charge < -0.3 is 5.11 Å². The third-order valence-corrected chi connectivity index (χ3v) is 3.89. The minimum Gasteiger partial charge on any atom is -0.503 e. The molecule has 1 atom stereocenters. The van der Waals surface area contributed by atoms with Crippen LogP contribution in [0, 0.1) is 46.5 Å². The summed E-state index contributed by atoms with van der Waals surface area (Å²) in [6.07, 6.45) is 0.0806. The van der Waals surface area contributed by atoms with Gasteiger partial charge in [0.1, 0.15) is 0 Å². The van der Waals surface area contributed by atoms with Gasteiger partial charge in [0.15, 0.2) is 40.7 Å². The standard InChI is InChI=1S/C16H10F8O/c1-3-4(2)5-8(17)10(19)6(11(20)9(5)18)7-12(21)14(23)16(25)15(24)13(7)22/h4,25H,3H2,1-2H3. The molecule has 2 rings (SSSR count). The van der Waals surface area contributed by atoms with Crippen molar-refractivity contribution in [2.24, 2.45) is 0 Å². The minimum absolute atomic E-state index is 0.0806. The molecule has 0 spiro atoms. The highest BCUT2D eigenvalue weighted by Gasteiger charge is 2.34. The smallest absolute Gasteiger partial charge is 0.204 e. The molecule has 0 aliphatic heterocycles. The van der Waals surface area contributed by atoms with Crippen LogP contribution in [0.3, 0.4) is 0 Å². The maximum atomic E-state index is 14.2. The third-order valence-electron chi connectivity index (χ3n) is 3.89. The van der Waals surface area contributed by atoms with E-state index in [0.717, 1.165) is 0 Å². The fraction of sp³-hybridized carbons (Fsp3) is 0.250. The lowest BCUT2D eigenvalue weighted by molar-refractivity contribution is 0.357. The van der Waals surface area contributed by atoms with Gasteiger partial charge in [0.25, 0.3) is 0 Å². The van der Waals surface area contributed by atoms with E-state index in [0.29, 0.717) is 0 Å². The molecule has 2 aromatic rings. The van der Waals surface area contributed by atoms with Crippen molar-refractivity contribution in [2.45, 2.75) is 26.2 Å². The molecule has 0 saturated carbocycles. The number of benzene rings is 2. The topological polar surface area (TPSA) is 20.2 Å². The van der Waals surface area contributed by atoms with E-state index >= 15 is 0 Å². The Morgan fingerprint density at radius 2 is 0.960 bits per heavy atom. The number of aromatic hydroxyl groups is 1. The van der Waals surface area contributed by atoms with Crippen molar-refractivity contribution in [1.29, 1.82) is 0 Å². The lowest BCUT2D eigenvalue weighted by atomic mass is 9.92. The molecule has 0 aromatic heterocycles. The fourth-order valence-corrected chi connectivity index (χ4v) is 2.34. The highest BCUT2D eigenvalue weighted by Crippen LogP contribution is 2.41. The van der Waals surface area contributed by atoms with E-state index in [1.165, 1.54) is 13.8 Å². The van der Waals surface area contributed by atoms with E-state index in [9.17, 15) is 35.1 Å². The van der Waals surface area contributed by atoms with Crippen molar-refractivity contribution in [2.75, 3.05) is 0 Å². The molecule has 0 radical (unpaired) electrons. The number of hydrogen-bond donors (Lipinski definition) is 1. The summed E-state index contributed by atoms with van der Waals surface area (Å²) >= 11 is 0. The van der Waals surface area contributed by atoms with Gasteiger partial charge in [-0.25, -0.2) is 26.3 Å². The maximum absolute atomic E-state index is 14.2. The van der Waals surface area contributed by atoms with Crippen LogP contribution < -0.4 is 0 Å². The second kappa shape index (κ2) is 6.53. The predicted molar refractivity (Wildman–Crippen MR) is 71.9 cm³/mol. The van der Waals surface area contributed by atoms with Gasteiger partial charge in [-0.3, -0.25) is 0 Å². The average Bonchev–Trinajstić information content (AvgIpc) is 2.59. The Hall–Kier alpha value is -2.32. The summed E-state index contributed by atoms with van der Waals surface area (Å²) in [5.74, 6) is -20.9. The maximum Gasteiger partial charge on any atom is 0.204 e. The number of halogens is 8. The third kappa shape index (κ3) is 2.71. The average molecular weight is 370 g/mol. The summed E-state index contributed by atoms with van der Waals surface area (Å²) in [4.78, 5) is 0. The number of hydrogen-bond acceptors (Lipinski definition) is 1. The first-order valence-corrected chi connectivity index (χ1v) is 6.97. The molecule has 9 heteroatoms. The summed E-state index contributed by atoms with van der Waals surface area (Å²) in [5, 5.41) is 8.87. The van der Waals surface area contributed by atoms with Crippen LogP contribution in [0.15, 0.2) is 0 Å². The molecular weight excluding hydrogens is 360 g/mol. The van der Waals surface area contributed by atoms with Crippen molar-refractivity contribution in [1.82, 2.24) is 0 Å². The van der Waals surface area contributed by atoms with E-state index in [-0.39, 0.29) is 6.42 Å². The van der Waals surface area contributed by atoms with Crippen LogP contribution in [0.1, 0.15) is 31.7 Å². The van der Waals surface area contributed by atoms with Crippen molar-refractivity contribution in [3.05, 3.63) is 52.1 Å². The minimum atomic E-state index is -2.40. The molecule has 0 fully saturated rings. The van der Waals surface area contributed by atoms with Crippen molar-refractivity contribution in [3.8, 4) is 16.9 Å². The zero-order chi connectivity index (χ0) is 19.2. The van der Waals surface area contributed by atoms with E-state index in [1.807, 2.05) is 0 Å². The number of phenolic OH excluding ortho intramolecular Hbond substituents is 1. The first-order valence-electron chi connectivity index (χ1n) is 6.97. The first kappa shape index (κ1) is 19.0. The second-order valence-corrected chi connectivity index (χ2v) is 5.33. The number of rotatable bonds is 3. The Kier molecular flexibility index (Phi) is 4.97. The molecule has 25 heavy (non-hydrogen) atoms. The summed E-state index contributed by atoms with van der Waals surface area (Å²) in [6, 6.07) is 0. The molecule has 0 aliphatic carbocycles. The Bertz CT molecular complexity index is 804. The fourth-order valence-electron chi connectivity index (χ4n) is 2.34. The predicted octanol–water partition coefficient (Wildman–Crippen LogP) is 5.69. The second-order valence-electron chi connectivity index (χ2n) is 5.33. The Labute approximate surface area is 136 Å². The van der Waals surface area contributed by atoms with Crippen LogP contribution in [0.25, 0.3) is 11.1 Å². The normalized spacial score (nSPS) is 12.6. The first-order chi connectivity index (χ1) is 11.6. The highest BCUT2D eigenvalue weighted by molar-refractivity contribution is 5.69. The zero-order valence-electron chi connectivity index (χ0n) is 12.8. The van der Waals surface area contributed by atoms with E-state index in [4.69, 9.17) is 5.11 Å². The van der Waals surface area contributed by atoms with Crippen molar-refractivity contribution in [3.63, 3.8) is 0 Å². The van der Waals surface area contributed by atoms with Gasteiger partial charge in [0, 0.05) is 5.56 Å². The monoisotopic (exact) mass is 370 g/mol. The van der Waals surface area contributed by atoms with Crippen LogP contribution in [0.2, 0.25) is 0 Å². The van der Waals surface area contributed by atoms with Gasteiger partial charge in [-0.05, 0) is 12.3 Å². The van der Waals surface area contributed by atoms with Gasteiger partial charge in [-0.2, -0.15) is 8.78 Å². The summed E-state index contributed by atoms with van der Waals surface area (Å²) < 4.78 is 111. The molecule has 1 nitrogen and oxygen atoms in total. The van der Waals surface area contributed by atoms with Crippen LogP contribution in [0.5, 0.6) is 5.75 Å².